The molecule has 0 amide bonds. The van der Waals surface area contributed by atoms with Crippen molar-refractivity contribution in [1.29, 1.82) is 0 Å². The molecule has 0 spiro atoms. The molecule has 1 heterocycles. The predicted molar refractivity (Wildman–Crippen MR) is 110 cm³/mol. The third kappa shape index (κ3) is 6.81. The van der Waals surface area contributed by atoms with Gasteiger partial charge in [0.25, 0.3) is 0 Å². The second-order valence-electron chi connectivity index (χ2n) is 6.23. The molecule has 0 fully saturated rings. The highest BCUT2D eigenvalue weighted by molar-refractivity contribution is 5.79. The summed E-state index contributed by atoms with van der Waals surface area (Å²) in [4.78, 5) is 11.0. The van der Waals surface area contributed by atoms with E-state index in [4.69, 9.17) is 14.5 Å². The van der Waals surface area contributed by atoms with Gasteiger partial charge in [-0.1, -0.05) is 0 Å². The molecular weight excluding hydrogens is 340 g/mol. The summed E-state index contributed by atoms with van der Waals surface area (Å²) in [5, 5.41) is 3.34. The van der Waals surface area contributed by atoms with Crippen LogP contribution in [0.3, 0.4) is 0 Å². The molecule has 0 atom stereocenters. The number of aromatic nitrogens is 1. The summed E-state index contributed by atoms with van der Waals surface area (Å²) in [6.07, 6.45) is 4.63. The van der Waals surface area contributed by atoms with Crippen LogP contribution in [0.4, 0.5) is 0 Å². The number of likely N-dealkylation sites (N-methyl/N-ethyl adjacent to an activating group) is 1. The number of methoxy groups -OCH3 is 1. The van der Waals surface area contributed by atoms with Crippen molar-refractivity contribution in [1.82, 2.24) is 15.2 Å². The summed E-state index contributed by atoms with van der Waals surface area (Å²) in [6.45, 7) is 7.04. The summed E-state index contributed by atoms with van der Waals surface area (Å²) in [5.41, 5.74) is 2.49. The zero-order valence-electron chi connectivity index (χ0n) is 16.7. The molecule has 0 bridgehead atoms. The van der Waals surface area contributed by atoms with Crippen molar-refractivity contribution in [2.45, 2.75) is 20.3 Å². The van der Waals surface area contributed by atoms with Gasteiger partial charge in [-0.05, 0) is 61.7 Å². The Morgan fingerprint density at radius 2 is 1.93 bits per heavy atom. The van der Waals surface area contributed by atoms with Crippen LogP contribution in [0.15, 0.2) is 47.7 Å². The van der Waals surface area contributed by atoms with Crippen LogP contribution in [0.5, 0.6) is 11.5 Å². The minimum Gasteiger partial charge on any atom is -0.497 e. The Bertz CT molecular complexity index is 716. The number of nitrogens with zero attached hydrogens (tertiary/aromatic N) is 3. The molecule has 0 aliphatic rings. The van der Waals surface area contributed by atoms with E-state index in [-0.39, 0.29) is 0 Å². The van der Waals surface area contributed by atoms with Gasteiger partial charge in [-0.25, -0.2) is 0 Å². The summed E-state index contributed by atoms with van der Waals surface area (Å²) in [5.74, 6) is 2.55. The Balaban J connectivity index is 1.83. The number of hydrogen-bond donors (Lipinski definition) is 1. The molecule has 0 saturated carbocycles. The highest BCUT2D eigenvalue weighted by atomic mass is 16.5. The first-order chi connectivity index (χ1) is 13.1. The monoisotopic (exact) mass is 370 g/mol. The minimum atomic E-state index is 0.580. The number of nitrogens with one attached hydrogen (secondary N) is 1. The lowest BCUT2D eigenvalue weighted by molar-refractivity contribution is 0.281. The van der Waals surface area contributed by atoms with Crippen molar-refractivity contribution in [3.8, 4) is 11.5 Å². The molecule has 0 unspecified atom stereocenters. The van der Waals surface area contributed by atoms with Gasteiger partial charge in [-0.2, -0.15) is 0 Å². The summed E-state index contributed by atoms with van der Waals surface area (Å²) in [6, 6.07) is 9.67. The van der Waals surface area contributed by atoms with Gasteiger partial charge in [-0.3, -0.25) is 9.98 Å². The third-order valence-electron chi connectivity index (χ3n) is 4.23. The van der Waals surface area contributed by atoms with Crippen LogP contribution in [-0.2, 0) is 6.42 Å². The van der Waals surface area contributed by atoms with Gasteiger partial charge in [0, 0.05) is 32.5 Å². The number of aryl methyl sites for hydroxylation is 1. The first kappa shape index (κ1) is 20.6. The number of pyridine rings is 1. The molecule has 2 aromatic rings. The fraction of sp³-hybridized carbons (Fsp3) is 0.429. The molecule has 27 heavy (non-hydrogen) atoms. The maximum absolute atomic E-state index is 5.81. The topological polar surface area (TPSA) is 59.0 Å². The fourth-order valence-corrected chi connectivity index (χ4v) is 2.61. The Labute approximate surface area is 162 Å². The van der Waals surface area contributed by atoms with Crippen molar-refractivity contribution in [3.63, 3.8) is 0 Å². The van der Waals surface area contributed by atoms with E-state index in [1.165, 1.54) is 11.1 Å². The van der Waals surface area contributed by atoms with Crippen molar-refractivity contribution in [2.24, 2.45) is 4.99 Å². The minimum absolute atomic E-state index is 0.580. The Morgan fingerprint density at radius 1 is 1.19 bits per heavy atom. The van der Waals surface area contributed by atoms with Crippen LogP contribution in [-0.4, -0.2) is 56.2 Å². The van der Waals surface area contributed by atoms with Gasteiger partial charge in [0.1, 0.15) is 18.1 Å². The van der Waals surface area contributed by atoms with Crippen LogP contribution in [0.25, 0.3) is 0 Å². The lowest BCUT2D eigenvalue weighted by Gasteiger charge is -2.22. The van der Waals surface area contributed by atoms with Gasteiger partial charge >= 0.3 is 0 Å². The number of ether oxygens (including phenoxy) is 2. The Hall–Kier alpha value is -2.76. The maximum atomic E-state index is 5.81. The molecular formula is C21H30N4O2. The quantitative estimate of drug-likeness (QED) is 0.543. The van der Waals surface area contributed by atoms with E-state index in [9.17, 15) is 0 Å². The van der Waals surface area contributed by atoms with Gasteiger partial charge in [0.15, 0.2) is 5.96 Å². The van der Waals surface area contributed by atoms with Crippen molar-refractivity contribution in [3.05, 3.63) is 53.9 Å². The number of rotatable bonds is 9. The molecule has 1 aromatic heterocycles. The maximum Gasteiger partial charge on any atom is 0.193 e. The first-order valence-electron chi connectivity index (χ1n) is 9.29. The molecule has 0 aliphatic heterocycles. The smallest absolute Gasteiger partial charge is 0.193 e. The van der Waals surface area contributed by atoms with Crippen LogP contribution < -0.4 is 14.8 Å². The fourth-order valence-electron chi connectivity index (χ4n) is 2.61. The second kappa shape index (κ2) is 11.1. The number of benzene rings is 1. The second-order valence-corrected chi connectivity index (χ2v) is 6.23. The predicted octanol–water partition coefficient (Wildman–Crippen LogP) is 2.92. The normalized spacial score (nSPS) is 11.2. The van der Waals surface area contributed by atoms with Crippen LogP contribution in [0, 0.1) is 6.92 Å². The van der Waals surface area contributed by atoms with E-state index < -0.39 is 0 Å². The van der Waals surface area contributed by atoms with E-state index in [1.807, 2.05) is 43.7 Å². The number of guanidine groups is 1. The average molecular weight is 370 g/mol. The van der Waals surface area contributed by atoms with Crippen LogP contribution in [0.2, 0.25) is 0 Å². The van der Waals surface area contributed by atoms with E-state index in [1.54, 1.807) is 7.11 Å². The molecule has 0 aliphatic carbocycles. The van der Waals surface area contributed by atoms with Crippen molar-refractivity contribution < 1.29 is 9.47 Å². The zero-order chi connectivity index (χ0) is 19.5. The van der Waals surface area contributed by atoms with E-state index >= 15 is 0 Å². The Morgan fingerprint density at radius 3 is 2.59 bits per heavy atom. The number of aliphatic imine (C=N–C) groups is 1. The zero-order valence-corrected chi connectivity index (χ0v) is 16.7. The van der Waals surface area contributed by atoms with E-state index in [2.05, 4.69) is 35.1 Å². The highest BCUT2D eigenvalue weighted by Gasteiger charge is 2.06. The lowest BCUT2D eigenvalue weighted by Crippen LogP contribution is -2.41. The van der Waals surface area contributed by atoms with Crippen LogP contribution in [0.1, 0.15) is 18.1 Å². The molecule has 0 saturated heterocycles. The standard InChI is InChI=1S/C21H30N4O2/c1-5-23-21(24-13-11-18-10-12-22-16-17(18)2)25(3)14-15-27-20-8-6-19(26-4)7-9-20/h6-10,12,16H,5,11,13-15H2,1-4H3,(H,23,24). The highest BCUT2D eigenvalue weighted by Crippen LogP contribution is 2.16. The SMILES string of the molecule is CCNC(=NCCc1ccncc1C)N(C)CCOc1ccc(OC)cc1. The largest absolute Gasteiger partial charge is 0.497 e. The molecule has 1 N–H and O–H groups in total. The molecule has 146 valence electrons. The molecule has 1 aromatic carbocycles. The lowest BCUT2D eigenvalue weighted by atomic mass is 10.1. The molecule has 0 radical (unpaired) electrons. The van der Waals surface area contributed by atoms with Gasteiger partial charge in [0.05, 0.1) is 13.7 Å². The van der Waals surface area contributed by atoms with Crippen molar-refractivity contribution >= 4 is 5.96 Å². The van der Waals surface area contributed by atoms with Crippen LogP contribution >= 0.6 is 0 Å². The summed E-state index contributed by atoms with van der Waals surface area (Å²) in [7, 11) is 3.68. The third-order valence-corrected chi connectivity index (χ3v) is 4.23. The first-order valence-corrected chi connectivity index (χ1v) is 9.29. The molecule has 6 nitrogen and oxygen atoms in total. The van der Waals surface area contributed by atoms with E-state index in [0.717, 1.165) is 43.5 Å². The van der Waals surface area contributed by atoms with Gasteiger partial charge in [-0.15, -0.1) is 0 Å². The Kier molecular flexibility index (Phi) is 8.42. The summed E-state index contributed by atoms with van der Waals surface area (Å²) < 4.78 is 11.0. The van der Waals surface area contributed by atoms with Gasteiger partial charge in [0.2, 0.25) is 0 Å². The van der Waals surface area contributed by atoms with Crippen molar-refractivity contribution in [2.75, 3.05) is 40.4 Å². The van der Waals surface area contributed by atoms with E-state index in [0.29, 0.717) is 6.61 Å². The molecule has 6 heteroatoms. The summed E-state index contributed by atoms with van der Waals surface area (Å²) >= 11 is 0. The average Bonchev–Trinajstić information content (AvgIpc) is 2.69. The van der Waals surface area contributed by atoms with Gasteiger partial charge < -0.3 is 19.7 Å². The number of hydrogen-bond acceptors (Lipinski definition) is 4. The molecule has 2 rings (SSSR count).